The normalized spacial score (nSPS) is 14.3. The van der Waals surface area contributed by atoms with Crippen molar-refractivity contribution in [3.63, 3.8) is 0 Å². The van der Waals surface area contributed by atoms with Crippen molar-refractivity contribution < 1.29 is 35.5 Å². The van der Waals surface area contributed by atoms with Crippen LogP contribution in [0.5, 0.6) is 0 Å². The van der Waals surface area contributed by atoms with Crippen molar-refractivity contribution >= 4 is 22.1 Å². The molecule has 0 N–H and O–H groups in total. The van der Waals surface area contributed by atoms with Gasteiger partial charge in [-0.05, 0) is 60.3 Å². The minimum absolute atomic E-state index is 0. The van der Waals surface area contributed by atoms with Gasteiger partial charge in [-0.25, -0.2) is 4.98 Å². The van der Waals surface area contributed by atoms with Crippen molar-refractivity contribution in [3.05, 3.63) is 138 Å². The summed E-state index contributed by atoms with van der Waals surface area (Å²) in [7, 11) is 0. The fraction of sp³-hybridized carbons (Fsp3) is 0.154. The van der Waals surface area contributed by atoms with Gasteiger partial charge in [0.1, 0.15) is 0 Å². The van der Waals surface area contributed by atoms with E-state index in [4.69, 9.17) is 15.4 Å². The Morgan fingerprint density at radius 2 is 1.75 bits per heavy atom. The Kier molecular flexibility index (Phi) is 6.77. The van der Waals surface area contributed by atoms with E-state index in [9.17, 15) is 0 Å². The predicted octanol–water partition coefficient (Wildman–Crippen LogP) is 10.1. The van der Waals surface area contributed by atoms with E-state index < -0.39 is 19.6 Å². The van der Waals surface area contributed by atoms with E-state index in [1.807, 2.05) is 74.5 Å². The zero-order valence-corrected chi connectivity index (χ0v) is 26.5. The van der Waals surface area contributed by atoms with Crippen molar-refractivity contribution in [2.75, 3.05) is 0 Å². The van der Waals surface area contributed by atoms with Crippen LogP contribution in [-0.4, -0.2) is 15.0 Å². The number of rotatable bonds is 4. The monoisotopic (exact) mass is 760 g/mol. The van der Waals surface area contributed by atoms with Gasteiger partial charge in [0.05, 0.1) is 5.58 Å². The van der Waals surface area contributed by atoms with Crippen molar-refractivity contribution in [1.29, 1.82) is 0 Å². The van der Waals surface area contributed by atoms with Gasteiger partial charge in [-0.1, -0.05) is 91.4 Å². The van der Waals surface area contributed by atoms with Crippen LogP contribution in [0.15, 0.2) is 108 Å². The Bertz CT molecular complexity index is 2310. The van der Waals surface area contributed by atoms with Crippen molar-refractivity contribution in [2.24, 2.45) is 0 Å². The first-order chi connectivity index (χ1) is 24.1. The molecular weight excluding hydrogens is 719 g/mol. The van der Waals surface area contributed by atoms with Gasteiger partial charge in [0.25, 0.3) is 0 Å². The van der Waals surface area contributed by atoms with Crippen molar-refractivity contribution in [2.45, 2.75) is 40.3 Å². The van der Waals surface area contributed by atoms with Gasteiger partial charge in [0.2, 0.25) is 5.71 Å². The molecule has 5 heteroatoms. The van der Waals surface area contributed by atoms with Crippen LogP contribution in [0, 0.1) is 32.7 Å². The zero-order chi connectivity index (χ0) is 36.6. The Labute approximate surface area is 283 Å². The largest absolute Gasteiger partial charge is 0.486 e. The van der Waals surface area contributed by atoms with Gasteiger partial charge in [0.15, 0.2) is 0 Å². The SMILES string of the molecule is [2H]C([2H])([2H])c1ccc2c(n1)oc1c(-c3cc(C([2H])(C)C)ccn3)[c-]ccc12.[2H]Cc1c[c-]c(-c2ccc(C([2H])([2H])[2H])cn2)cc1-c1ccccc1.[Ir]. The molecule has 0 spiro atoms. The molecule has 0 saturated carbocycles. The fourth-order valence-electron chi connectivity index (χ4n) is 4.80. The molecule has 0 saturated heterocycles. The first-order valence-corrected chi connectivity index (χ1v) is 13.7. The van der Waals surface area contributed by atoms with Crippen LogP contribution in [0.3, 0.4) is 0 Å². The van der Waals surface area contributed by atoms with Crippen LogP contribution >= 0.6 is 0 Å². The number of fused-ring (bicyclic) bond motifs is 3. The van der Waals surface area contributed by atoms with E-state index in [1.54, 1.807) is 30.5 Å². The molecule has 7 rings (SSSR count). The van der Waals surface area contributed by atoms with Gasteiger partial charge < -0.3 is 14.4 Å². The minimum atomic E-state index is -2.29. The Balaban J connectivity index is 0.000000199. The number of aromatic nitrogens is 3. The van der Waals surface area contributed by atoms with Gasteiger partial charge in [-0.2, -0.15) is 0 Å². The molecule has 4 nitrogen and oxygen atoms in total. The molecule has 1 radical (unpaired) electrons. The smallest absolute Gasteiger partial charge is 0.216 e. The predicted molar refractivity (Wildman–Crippen MR) is 176 cm³/mol. The fourth-order valence-corrected chi connectivity index (χ4v) is 4.80. The molecule has 0 amide bonds. The molecule has 4 heterocycles. The number of hydrogen-bond donors (Lipinski definition) is 0. The Hall–Kier alpha value is -4.44. The summed E-state index contributed by atoms with van der Waals surface area (Å²) >= 11 is 0. The molecule has 3 aromatic carbocycles. The molecule has 44 heavy (non-hydrogen) atoms. The zero-order valence-electron chi connectivity index (χ0n) is 32.1. The van der Waals surface area contributed by atoms with Crippen LogP contribution in [0.4, 0.5) is 0 Å². The van der Waals surface area contributed by atoms with Gasteiger partial charge in [0, 0.05) is 54.5 Å². The second-order valence-corrected chi connectivity index (χ2v) is 10.3. The number of furan rings is 1. The average molecular weight is 760 g/mol. The summed E-state index contributed by atoms with van der Waals surface area (Å²) < 4.78 is 66.7. The first-order valence-electron chi connectivity index (χ1n) is 17.9. The first kappa shape index (κ1) is 22.1. The number of benzene rings is 3. The van der Waals surface area contributed by atoms with Crippen LogP contribution in [-0.2, 0) is 20.1 Å². The molecule has 0 bridgehead atoms. The van der Waals surface area contributed by atoms with Crippen LogP contribution in [0.25, 0.3) is 55.7 Å². The van der Waals surface area contributed by atoms with Crippen LogP contribution < -0.4 is 0 Å². The Morgan fingerprint density at radius 3 is 2.50 bits per heavy atom. The second-order valence-electron chi connectivity index (χ2n) is 10.3. The maximum absolute atomic E-state index is 8.24. The van der Waals surface area contributed by atoms with Gasteiger partial charge in [-0.15, -0.1) is 47.5 Å². The molecule has 0 fully saturated rings. The summed E-state index contributed by atoms with van der Waals surface area (Å²) in [5, 5.41) is 1.56. The average Bonchev–Trinajstić information content (AvgIpc) is 3.49. The summed E-state index contributed by atoms with van der Waals surface area (Å²) in [5.41, 5.74) is 7.52. The molecule has 0 unspecified atom stereocenters. The van der Waals surface area contributed by atoms with Crippen molar-refractivity contribution in [3.8, 4) is 33.6 Å². The van der Waals surface area contributed by atoms with E-state index >= 15 is 0 Å². The molecule has 0 atom stereocenters. The van der Waals surface area contributed by atoms with E-state index in [2.05, 4.69) is 27.1 Å². The third-order valence-electron chi connectivity index (χ3n) is 7.05. The summed E-state index contributed by atoms with van der Waals surface area (Å²) in [6, 6.07) is 33.8. The molecule has 221 valence electrons. The Morgan fingerprint density at radius 1 is 0.864 bits per heavy atom. The number of nitrogens with zero attached hydrogens (tertiary/aromatic N) is 3. The third kappa shape index (κ3) is 6.55. The summed E-state index contributed by atoms with van der Waals surface area (Å²) in [5.74, 6) is -0.754. The van der Waals surface area contributed by atoms with E-state index in [-0.39, 0.29) is 44.0 Å². The van der Waals surface area contributed by atoms with E-state index in [0.29, 0.717) is 22.5 Å². The number of pyridine rings is 3. The second kappa shape index (κ2) is 13.5. The number of aryl methyl sites for hydroxylation is 3. The quantitative estimate of drug-likeness (QED) is 0.168. The van der Waals surface area contributed by atoms with Crippen LogP contribution in [0.1, 0.15) is 53.1 Å². The van der Waals surface area contributed by atoms with Crippen LogP contribution in [0.2, 0.25) is 0 Å². The number of hydrogen-bond acceptors (Lipinski definition) is 4. The topological polar surface area (TPSA) is 51.8 Å². The summed E-state index contributed by atoms with van der Waals surface area (Å²) in [4.78, 5) is 12.9. The van der Waals surface area contributed by atoms with E-state index in [0.717, 1.165) is 38.6 Å². The maximum Gasteiger partial charge on any atom is 0.216 e. The third-order valence-corrected chi connectivity index (χ3v) is 7.05. The van der Waals surface area contributed by atoms with Crippen molar-refractivity contribution in [1.82, 2.24) is 15.0 Å². The molecular formula is C39H33IrN3O-2. The molecule has 4 aromatic heterocycles. The molecule has 0 aliphatic heterocycles. The molecule has 0 aliphatic carbocycles. The van der Waals surface area contributed by atoms with Gasteiger partial charge >= 0.3 is 0 Å². The maximum atomic E-state index is 8.24. The minimum Gasteiger partial charge on any atom is -0.486 e. The molecule has 7 aromatic rings. The van der Waals surface area contributed by atoms with E-state index in [1.165, 1.54) is 12.3 Å². The van der Waals surface area contributed by atoms with Gasteiger partial charge in [-0.3, -0.25) is 0 Å². The molecule has 0 aliphatic rings. The summed E-state index contributed by atoms with van der Waals surface area (Å²) in [6.07, 6.45) is 3.05. The summed E-state index contributed by atoms with van der Waals surface area (Å²) in [6.45, 7) is -0.639. The standard InChI is InChI=1S/C20H17N2O.C19H16N.Ir/c1-12(2)14-9-10-21-18(11-14)17-6-4-5-15-16-8-7-13(3)22-20(16)23-19(15)17;1-14-8-11-19(20-13-14)17-10-9-15(2)18(12-17)16-6-4-3-5-7-16;/h4-5,7-12H,1-3H3;3-9,11-13H,1-2H3;/q2*-1;/i3D3,12D;1D3,2D;.